The molecule has 0 atom stereocenters. The second-order valence-electron chi connectivity index (χ2n) is 6.68. The zero-order valence-corrected chi connectivity index (χ0v) is 15.8. The Labute approximate surface area is 163 Å². The highest BCUT2D eigenvalue weighted by Gasteiger charge is 2.16. The third-order valence-corrected chi connectivity index (χ3v) is 4.86. The van der Waals surface area contributed by atoms with Gasteiger partial charge in [0.15, 0.2) is 5.69 Å². The van der Waals surface area contributed by atoms with Gasteiger partial charge < -0.3 is 5.32 Å². The molecular weight excluding hydrogens is 348 g/mol. The molecule has 0 aliphatic rings. The summed E-state index contributed by atoms with van der Waals surface area (Å²) in [6.45, 7) is 4.80. The molecule has 0 spiro atoms. The van der Waals surface area contributed by atoms with Crippen LogP contribution in [0.2, 0.25) is 0 Å². The Hall–Kier alpha value is -3.72. The minimum atomic E-state index is 0.273. The Balaban J connectivity index is 1.67. The molecule has 0 saturated carbocycles. The van der Waals surface area contributed by atoms with Gasteiger partial charge in [0.05, 0.1) is 28.3 Å². The van der Waals surface area contributed by atoms with Gasteiger partial charge >= 0.3 is 0 Å². The average molecular weight is 368 g/mol. The third kappa shape index (κ3) is 3.30. The summed E-state index contributed by atoms with van der Waals surface area (Å²) in [6.07, 6.45) is 0.908. The molecule has 0 aliphatic carbocycles. The van der Waals surface area contributed by atoms with Crippen molar-refractivity contribution < 1.29 is 0 Å². The first kappa shape index (κ1) is 17.7. The number of nitriles is 1. The van der Waals surface area contributed by atoms with Crippen LogP contribution >= 0.6 is 0 Å². The van der Waals surface area contributed by atoms with Crippen molar-refractivity contribution in [1.29, 1.82) is 5.26 Å². The van der Waals surface area contributed by atoms with E-state index in [9.17, 15) is 5.26 Å². The van der Waals surface area contributed by atoms with Crippen LogP contribution in [0.5, 0.6) is 0 Å². The highest BCUT2D eigenvalue weighted by atomic mass is 15.3. The number of nitrogens with one attached hydrogen (secondary N) is 1. The van der Waals surface area contributed by atoms with E-state index in [1.54, 1.807) is 0 Å². The molecule has 0 saturated heterocycles. The number of anilines is 2. The molecule has 2 aromatic heterocycles. The average Bonchev–Trinajstić information content (AvgIpc) is 3.00. The Morgan fingerprint density at radius 2 is 1.71 bits per heavy atom. The van der Waals surface area contributed by atoms with Gasteiger partial charge in [0, 0.05) is 11.9 Å². The largest absolute Gasteiger partial charge is 0.350 e. The molecule has 28 heavy (non-hydrogen) atoms. The van der Waals surface area contributed by atoms with Gasteiger partial charge in [0.25, 0.3) is 0 Å². The zero-order chi connectivity index (χ0) is 19.5. The molecule has 2 aromatic carbocycles. The number of benzene rings is 2. The first-order chi connectivity index (χ1) is 13.7. The normalized spacial score (nSPS) is 10.8. The summed E-state index contributed by atoms with van der Waals surface area (Å²) < 4.78 is 2.01. The number of fused-ring (bicyclic) bond motifs is 1. The highest BCUT2D eigenvalue weighted by Crippen LogP contribution is 2.30. The van der Waals surface area contributed by atoms with Crippen LogP contribution in [0.3, 0.4) is 0 Å². The molecule has 138 valence electrons. The fourth-order valence-corrected chi connectivity index (χ4v) is 3.36. The second-order valence-corrected chi connectivity index (χ2v) is 6.68. The molecule has 0 fully saturated rings. The van der Waals surface area contributed by atoms with Crippen LogP contribution in [0.4, 0.5) is 11.4 Å². The molecular formula is C22H20N6. The lowest BCUT2D eigenvalue weighted by molar-refractivity contribution is 0.594. The molecule has 2 heterocycles. The second kappa shape index (κ2) is 7.49. The van der Waals surface area contributed by atoms with Crippen LogP contribution in [-0.4, -0.2) is 20.0 Å². The topological polar surface area (TPSA) is 79.4 Å². The van der Waals surface area contributed by atoms with Crippen LogP contribution in [0, 0.1) is 25.2 Å². The van der Waals surface area contributed by atoms with Crippen molar-refractivity contribution in [3.63, 3.8) is 0 Å². The lowest BCUT2D eigenvalue weighted by Gasteiger charge is -2.11. The van der Waals surface area contributed by atoms with Gasteiger partial charge in [0.1, 0.15) is 6.07 Å². The summed E-state index contributed by atoms with van der Waals surface area (Å²) in [5, 5.41) is 26.7. The van der Waals surface area contributed by atoms with Crippen LogP contribution in [0.25, 0.3) is 10.9 Å². The van der Waals surface area contributed by atoms with Gasteiger partial charge in [-0.25, -0.2) is 0 Å². The van der Waals surface area contributed by atoms with Crippen LogP contribution in [0.1, 0.15) is 22.6 Å². The minimum absolute atomic E-state index is 0.273. The van der Waals surface area contributed by atoms with E-state index in [-0.39, 0.29) is 5.69 Å². The number of aromatic nitrogens is 4. The van der Waals surface area contributed by atoms with Crippen molar-refractivity contribution in [3.8, 4) is 6.07 Å². The van der Waals surface area contributed by atoms with Gasteiger partial charge in [0.2, 0.25) is 0 Å². The van der Waals surface area contributed by atoms with E-state index in [2.05, 4.69) is 45.8 Å². The predicted octanol–water partition coefficient (Wildman–Crippen LogP) is 4.30. The maximum atomic E-state index is 9.50. The number of nitrogens with zero attached hydrogens (tertiary/aromatic N) is 5. The molecule has 4 rings (SSSR count). The molecule has 6 nitrogen and oxygen atoms in total. The summed E-state index contributed by atoms with van der Waals surface area (Å²) in [5.41, 5.74) is 5.78. The SMILES string of the molecule is Cc1nn(CCc2ccccc2)c(C)c1Nc1c(C#N)nnc2ccccc12. The first-order valence-corrected chi connectivity index (χ1v) is 9.18. The quantitative estimate of drug-likeness (QED) is 0.568. The predicted molar refractivity (Wildman–Crippen MR) is 109 cm³/mol. The van der Waals surface area contributed by atoms with E-state index in [0.29, 0.717) is 5.69 Å². The summed E-state index contributed by atoms with van der Waals surface area (Å²) in [4.78, 5) is 0. The molecule has 0 amide bonds. The number of hydrogen-bond acceptors (Lipinski definition) is 5. The maximum absolute atomic E-state index is 9.50. The molecule has 4 aromatic rings. The van der Waals surface area contributed by atoms with Crippen molar-refractivity contribution in [3.05, 3.63) is 77.2 Å². The van der Waals surface area contributed by atoms with Crippen LogP contribution in [-0.2, 0) is 13.0 Å². The lowest BCUT2D eigenvalue weighted by atomic mass is 10.1. The van der Waals surface area contributed by atoms with Crippen molar-refractivity contribution in [2.75, 3.05) is 5.32 Å². The lowest BCUT2D eigenvalue weighted by Crippen LogP contribution is -2.06. The standard InChI is InChI=1S/C22H20N6/c1-15-21(16(2)28(27-15)13-12-17-8-4-3-5-9-17)24-22-18-10-6-7-11-19(18)25-26-20(22)14-23/h3-11H,12-13H2,1-2H3,(H,24,25). The molecule has 0 radical (unpaired) electrons. The molecule has 1 N–H and O–H groups in total. The first-order valence-electron chi connectivity index (χ1n) is 9.18. The number of aryl methyl sites for hydroxylation is 3. The zero-order valence-electron chi connectivity index (χ0n) is 15.8. The van der Waals surface area contributed by atoms with Crippen molar-refractivity contribution in [2.24, 2.45) is 0 Å². The van der Waals surface area contributed by atoms with E-state index in [0.717, 1.165) is 40.9 Å². The van der Waals surface area contributed by atoms with E-state index in [4.69, 9.17) is 5.10 Å². The minimum Gasteiger partial charge on any atom is -0.350 e. The van der Waals surface area contributed by atoms with Crippen molar-refractivity contribution >= 4 is 22.3 Å². The fourth-order valence-electron chi connectivity index (χ4n) is 3.36. The Kier molecular flexibility index (Phi) is 4.73. The van der Waals surface area contributed by atoms with Gasteiger partial charge in [-0.15, -0.1) is 10.2 Å². The van der Waals surface area contributed by atoms with Crippen molar-refractivity contribution in [2.45, 2.75) is 26.8 Å². The Morgan fingerprint density at radius 1 is 0.964 bits per heavy atom. The summed E-state index contributed by atoms with van der Waals surface area (Å²) in [6, 6.07) is 20.2. The van der Waals surface area contributed by atoms with Gasteiger partial charge in [-0.1, -0.05) is 48.5 Å². The maximum Gasteiger partial charge on any atom is 0.187 e. The van der Waals surface area contributed by atoms with Crippen molar-refractivity contribution in [1.82, 2.24) is 20.0 Å². The summed E-state index contributed by atoms with van der Waals surface area (Å²) >= 11 is 0. The van der Waals surface area contributed by atoms with E-state index in [1.165, 1.54) is 5.56 Å². The van der Waals surface area contributed by atoms with E-state index < -0.39 is 0 Å². The fraction of sp³-hybridized carbons (Fsp3) is 0.182. The highest BCUT2D eigenvalue weighted by molar-refractivity contribution is 5.95. The van der Waals surface area contributed by atoms with Gasteiger partial charge in [-0.2, -0.15) is 10.4 Å². The van der Waals surface area contributed by atoms with Gasteiger partial charge in [-0.3, -0.25) is 4.68 Å². The van der Waals surface area contributed by atoms with Gasteiger partial charge in [-0.05, 0) is 31.9 Å². The third-order valence-electron chi connectivity index (χ3n) is 4.86. The monoisotopic (exact) mass is 368 g/mol. The number of hydrogen-bond donors (Lipinski definition) is 1. The van der Waals surface area contributed by atoms with Crippen LogP contribution < -0.4 is 5.32 Å². The summed E-state index contributed by atoms with van der Waals surface area (Å²) in [7, 11) is 0. The molecule has 6 heteroatoms. The summed E-state index contributed by atoms with van der Waals surface area (Å²) in [5.74, 6) is 0. The molecule has 0 unspecified atom stereocenters. The Bertz CT molecular complexity index is 1170. The Morgan fingerprint density at radius 3 is 2.50 bits per heavy atom. The van der Waals surface area contributed by atoms with Crippen LogP contribution in [0.15, 0.2) is 54.6 Å². The molecule has 0 aliphatic heterocycles. The molecule has 0 bridgehead atoms. The number of rotatable bonds is 5. The van der Waals surface area contributed by atoms with E-state index >= 15 is 0 Å². The van der Waals surface area contributed by atoms with E-state index in [1.807, 2.05) is 48.9 Å². The smallest absolute Gasteiger partial charge is 0.187 e.